The molecule has 1 aliphatic carbocycles. The zero-order valence-corrected chi connectivity index (χ0v) is 11.8. The molecule has 1 aromatic carbocycles. The molecule has 1 aliphatic rings. The van der Waals surface area contributed by atoms with E-state index in [0.29, 0.717) is 17.5 Å². The number of rotatable bonds is 5. The van der Waals surface area contributed by atoms with Gasteiger partial charge in [0.25, 0.3) is 0 Å². The van der Waals surface area contributed by atoms with E-state index in [2.05, 4.69) is 17.4 Å². The highest BCUT2D eigenvalue weighted by molar-refractivity contribution is 5.97. The molecular formula is C15H22FN3O. The van der Waals surface area contributed by atoms with Crippen molar-refractivity contribution in [2.45, 2.75) is 39.2 Å². The molecule has 110 valence electrons. The summed E-state index contributed by atoms with van der Waals surface area (Å²) in [6.07, 6.45) is 5.02. The van der Waals surface area contributed by atoms with Gasteiger partial charge in [-0.2, -0.15) is 0 Å². The van der Waals surface area contributed by atoms with Gasteiger partial charge in [-0.1, -0.05) is 37.1 Å². The van der Waals surface area contributed by atoms with Crippen LogP contribution in [0, 0.1) is 11.2 Å². The van der Waals surface area contributed by atoms with Crippen LogP contribution in [0.25, 0.3) is 0 Å². The lowest BCUT2D eigenvalue weighted by Gasteiger charge is -2.24. The maximum Gasteiger partial charge on any atom is 0.173 e. The van der Waals surface area contributed by atoms with E-state index in [1.54, 1.807) is 12.1 Å². The maximum absolute atomic E-state index is 14.2. The monoisotopic (exact) mass is 279 g/mol. The summed E-state index contributed by atoms with van der Waals surface area (Å²) >= 11 is 0. The lowest BCUT2D eigenvalue weighted by molar-refractivity contribution is 0.313. The fourth-order valence-corrected chi connectivity index (χ4v) is 2.87. The quantitative estimate of drug-likeness (QED) is 0.336. The largest absolute Gasteiger partial charge is 0.409 e. The lowest BCUT2D eigenvalue weighted by Crippen LogP contribution is -2.29. The van der Waals surface area contributed by atoms with Gasteiger partial charge in [0.1, 0.15) is 5.82 Å². The third-order valence-corrected chi connectivity index (χ3v) is 4.14. The Hall–Kier alpha value is -1.62. The van der Waals surface area contributed by atoms with Crippen molar-refractivity contribution in [3.63, 3.8) is 0 Å². The molecule has 5 heteroatoms. The van der Waals surface area contributed by atoms with Gasteiger partial charge in [0.05, 0.1) is 5.56 Å². The number of nitrogens with one attached hydrogen (secondary N) is 1. The number of halogens is 1. The molecule has 0 heterocycles. The van der Waals surface area contributed by atoms with Gasteiger partial charge in [0, 0.05) is 18.7 Å². The molecule has 0 atom stereocenters. The van der Waals surface area contributed by atoms with Gasteiger partial charge in [-0.05, 0) is 24.3 Å². The van der Waals surface area contributed by atoms with Crippen LogP contribution in [0.2, 0.25) is 0 Å². The first-order valence-electron chi connectivity index (χ1n) is 7.02. The Kier molecular flexibility index (Phi) is 4.60. The second-order valence-electron chi connectivity index (χ2n) is 5.89. The molecule has 1 aromatic rings. The predicted octanol–water partition coefficient (Wildman–Crippen LogP) is 2.59. The first-order valence-corrected chi connectivity index (χ1v) is 7.02. The number of oxime groups is 1. The number of nitrogens with two attached hydrogens (primary N) is 1. The number of benzene rings is 1. The van der Waals surface area contributed by atoms with E-state index in [4.69, 9.17) is 10.9 Å². The standard InChI is InChI=1S/C15H22FN3O/c1-15(7-2-3-8-15)10-18-9-11-5-4-6-12(13(11)16)14(17)19-20/h4-6,18,20H,2-3,7-10H2,1H3,(H2,17,19). The van der Waals surface area contributed by atoms with E-state index in [1.165, 1.54) is 31.7 Å². The minimum Gasteiger partial charge on any atom is -0.409 e. The second-order valence-corrected chi connectivity index (χ2v) is 5.89. The van der Waals surface area contributed by atoms with Crippen LogP contribution in [0.3, 0.4) is 0 Å². The summed E-state index contributed by atoms with van der Waals surface area (Å²) in [5.74, 6) is -0.626. The van der Waals surface area contributed by atoms with Crippen LogP contribution < -0.4 is 11.1 Å². The molecule has 2 rings (SSSR count). The van der Waals surface area contributed by atoms with Gasteiger partial charge >= 0.3 is 0 Å². The van der Waals surface area contributed by atoms with Gasteiger partial charge in [-0.15, -0.1) is 0 Å². The van der Waals surface area contributed by atoms with Gasteiger partial charge in [-0.3, -0.25) is 0 Å². The summed E-state index contributed by atoms with van der Waals surface area (Å²) in [7, 11) is 0. The third-order valence-electron chi connectivity index (χ3n) is 4.14. The zero-order chi connectivity index (χ0) is 14.6. The number of hydrogen-bond acceptors (Lipinski definition) is 3. The van der Waals surface area contributed by atoms with E-state index < -0.39 is 5.82 Å². The highest BCUT2D eigenvalue weighted by Crippen LogP contribution is 2.36. The van der Waals surface area contributed by atoms with Gasteiger partial charge in [0.2, 0.25) is 0 Å². The Morgan fingerprint density at radius 1 is 1.45 bits per heavy atom. The molecule has 4 N–H and O–H groups in total. The van der Waals surface area contributed by atoms with Crippen LogP contribution >= 0.6 is 0 Å². The van der Waals surface area contributed by atoms with Crippen molar-refractivity contribution in [1.82, 2.24) is 5.32 Å². The summed E-state index contributed by atoms with van der Waals surface area (Å²) < 4.78 is 14.2. The van der Waals surface area contributed by atoms with Crippen LogP contribution in [0.5, 0.6) is 0 Å². The van der Waals surface area contributed by atoms with Crippen molar-refractivity contribution in [2.24, 2.45) is 16.3 Å². The molecule has 4 nitrogen and oxygen atoms in total. The average Bonchev–Trinajstić information content (AvgIpc) is 2.87. The van der Waals surface area contributed by atoms with Crippen molar-refractivity contribution in [2.75, 3.05) is 6.54 Å². The molecule has 0 aromatic heterocycles. The van der Waals surface area contributed by atoms with E-state index in [1.807, 2.05) is 0 Å². The fraction of sp³-hybridized carbons (Fsp3) is 0.533. The molecule has 0 unspecified atom stereocenters. The Bertz CT molecular complexity index is 496. The molecule has 0 saturated heterocycles. The minimum absolute atomic E-state index is 0.138. The first-order chi connectivity index (χ1) is 9.56. The lowest BCUT2D eigenvalue weighted by atomic mass is 9.89. The Labute approximate surface area is 118 Å². The molecule has 0 aliphatic heterocycles. The fourth-order valence-electron chi connectivity index (χ4n) is 2.87. The SMILES string of the molecule is CC1(CNCc2cccc(/C(N)=N/O)c2F)CCCC1. The summed E-state index contributed by atoms with van der Waals surface area (Å²) in [4.78, 5) is 0. The molecule has 0 radical (unpaired) electrons. The summed E-state index contributed by atoms with van der Waals surface area (Å²) in [6, 6.07) is 4.93. The van der Waals surface area contributed by atoms with Gasteiger partial charge in [0.15, 0.2) is 5.84 Å². The Balaban J connectivity index is 1.99. The van der Waals surface area contributed by atoms with Crippen LogP contribution in [0.1, 0.15) is 43.7 Å². The van der Waals surface area contributed by atoms with E-state index in [0.717, 1.165) is 6.54 Å². The van der Waals surface area contributed by atoms with E-state index in [-0.39, 0.29) is 11.4 Å². The van der Waals surface area contributed by atoms with Crippen LogP contribution in [-0.2, 0) is 6.54 Å². The maximum atomic E-state index is 14.2. The predicted molar refractivity (Wildman–Crippen MR) is 77.2 cm³/mol. The average molecular weight is 279 g/mol. The molecule has 0 bridgehead atoms. The summed E-state index contributed by atoms with van der Waals surface area (Å²) in [6.45, 7) is 3.62. The first kappa shape index (κ1) is 14.8. The van der Waals surface area contributed by atoms with Crippen LogP contribution in [-0.4, -0.2) is 17.6 Å². The van der Waals surface area contributed by atoms with Crippen molar-refractivity contribution < 1.29 is 9.60 Å². The molecule has 1 fully saturated rings. The van der Waals surface area contributed by atoms with Gasteiger partial charge < -0.3 is 16.3 Å². The molecular weight excluding hydrogens is 257 g/mol. The smallest absolute Gasteiger partial charge is 0.173 e. The van der Waals surface area contributed by atoms with Crippen molar-refractivity contribution >= 4 is 5.84 Å². The Morgan fingerprint density at radius 3 is 2.80 bits per heavy atom. The Morgan fingerprint density at radius 2 is 2.15 bits per heavy atom. The molecule has 0 spiro atoms. The summed E-state index contributed by atoms with van der Waals surface area (Å²) in [5.41, 5.74) is 6.46. The highest BCUT2D eigenvalue weighted by Gasteiger charge is 2.27. The molecule has 20 heavy (non-hydrogen) atoms. The van der Waals surface area contributed by atoms with Crippen molar-refractivity contribution in [3.8, 4) is 0 Å². The molecule has 0 amide bonds. The highest BCUT2D eigenvalue weighted by atomic mass is 19.1. The number of nitrogens with zero attached hydrogens (tertiary/aromatic N) is 1. The van der Waals surface area contributed by atoms with Gasteiger partial charge in [-0.25, -0.2) is 4.39 Å². The van der Waals surface area contributed by atoms with E-state index in [9.17, 15) is 4.39 Å². The normalized spacial score (nSPS) is 18.4. The zero-order valence-electron chi connectivity index (χ0n) is 11.8. The number of amidine groups is 1. The minimum atomic E-state index is -0.424. The van der Waals surface area contributed by atoms with Crippen molar-refractivity contribution in [3.05, 3.63) is 35.1 Å². The topological polar surface area (TPSA) is 70.6 Å². The number of hydrogen-bond donors (Lipinski definition) is 3. The third kappa shape index (κ3) is 3.28. The van der Waals surface area contributed by atoms with Crippen LogP contribution in [0.15, 0.2) is 23.4 Å². The second kappa shape index (κ2) is 6.22. The van der Waals surface area contributed by atoms with E-state index >= 15 is 0 Å². The van der Waals surface area contributed by atoms with Crippen molar-refractivity contribution in [1.29, 1.82) is 0 Å². The summed E-state index contributed by atoms with van der Waals surface area (Å²) in [5, 5.41) is 14.8. The van der Waals surface area contributed by atoms with Crippen LogP contribution in [0.4, 0.5) is 4.39 Å². The molecule has 1 saturated carbocycles.